The molecule has 2 rings (SSSR count). The Balaban J connectivity index is 1.94. The minimum absolute atomic E-state index is 0.156. The maximum atomic E-state index is 12.0. The average molecular weight is 353 g/mol. The molecule has 2 aromatic rings. The Labute approximate surface area is 143 Å². The van der Waals surface area contributed by atoms with E-state index in [0.717, 1.165) is 11.1 Å². The highest BCUT2D eigenvalue weighted by Gasteiger charge is 2.14. The van der Waals surface area contributed by atoms with Crippen molar-refractivity contribution in [1.82, 2.24) is 4.98 Å². The predicted octanol–water partition coefficient (Wildman–Crippen LogP) is 3.80. The molecule has 0 saturated carbocycles. The number of amides is 1. The summed E-state index contributed by atoms with van der Waals surface area (Å²) in [6.07, 6.45) is 1.35. The molecule has 0 aliphatic heterocycles. The first-order valence-corrected chi connectivity index (χ1v) is 7.47. The van der Waals surface area contributed by atoms with Crippen molar-refractivity contribution >= 4 is 40.9 Å². The fourth-order valence-corrected chi connectivity index (χ4v) is 2.35. The van der Waals surface area contributed by atoms with Crippen LogP contribution in [-0.2, 0) is 9.53 Å². The quantitative estimate of drug-likeness (QED) is 0.849. The average Bonchev–Trinajstić information content (AvgIpc) is 2.48. The van der Waals surface area contributed by atoms with Crippen molar-refractivity contribution in [3.05, 3.63) is 57.2 Å². The molecule has 23 heavy (non-hydrogen) atoms. The number of carbonyl (C=O) groups is 2. The summed E-state index contributed by atoms with van der Waals surface area (Å²) in [7, 11) is 0. The van der Waals surface area contributed by atoms with E-state index in [1.807, 2.05) is 13.0 Å². The molecule has 0 radical (unpaired) electrons. The predicted molar refractivity (Wildman–Crippen MR) is 89.1 cm³/mol. The number of anilines is 1. The van der Waals surface area contributed by atoms with Gasteiger partial charge in [-0.2, -0.15) is 0 Å². The molecule has 0 saturated heterocycles. The minimum Gasteiger partial charge on any atom is -0.452 e. The topological polar surface area (TPSA) is 68.3 Å². The molecule has 1 aromatic carbocycles. The highest BCUT2D eigenvalue weighted by molar-refractivity contribution is 6.36. The van der Waals surface area contributed by atoms with Crippen LogP contribution in [0, 0.1) is 13.8 Å². The lowest BCUT2D eigenvalue weighted by Gasteiger charge is -2.09. The van der Waals surface area contributed by atoms with E-state index in [4.69, 9.17) is 27.9 Å². The monoisotopic (exact) mass is 352 g/mol. The molecule has 7 heteroatoms. The molecule has 0 atom stereocenters. The molecular formula is C16H14Cl2N2O3. The van der Waals surface area contributed by atoms with Gasteiger partial charge in [-0.1, -0.05) is 40.9 Å². The first-order chi connectivity index (χ1) is 10.9. The van der Waals surface area contributed by atoms with Gasteiger partial charge in [0, 0.05) is 6.20 Å². The van der Waals surface area contributed by atoms with Crippen LogP contribution in [-0.4, -0.2) is 23.5 Å². The van der Waals surface area contributed by atoms with E-state index in [0.29, 0.717) is 10.6 Å². The van der Waals surface area contributed by atoms with Crippen molar-refractivity contribution in [3.8, 4) is 0 Å². The lowest BCUT2D eigenvalue weighted by Crippen LogP contribution is -2.22. The van der Waals surface area contributed by atoms with Gasteiger partial charge in [-0.05, 0) is 31.5 Å². The van der Waals surface area contributed by atoms with E-state index in [1.165, 1.54) is 12.3 Å². The fourth-order valence-electron chi connectivity index (χ4n) is 1.93. The van der Waals surface area contributed by atoms with E-state index >= 15 is 0 Å². The summed E-state index contributed by atoms with van der Waals surface area (Å²) < 4.78 is 5.00. The number of benzene rings is 1. The number of aromatic nitrogens is 1. The molecule has 0 fully saturated rings. The number of aryl methyl sites for hydroxylation is 2. The molecule has 0 spiro atoms. The van der Waals surface area contributed by atoms with Crippen LogP contribution in [0.25, 0.3) is 0 Å². The van der Waals surface area contributed by atoms with Gasteiger partial charge >= 0.3 is 5.97 Å². The van der Waals surface area contributed by atoms with Crippen molar-refractivity contribution in [3.63, 3.8) is 0 Å². The van der Waals surface area contributed by atoms with Gasteiger partial charge in [-0.15, -0.1) is 0 Å². The number of hydrogen-bond acceptors (Lipinski definition) is 4. The van der Waals surface area contributed by atoms with E-state index in [2.05, 4.69) is 10.3 Å². The molecule has 0 aliphatic carbocycles. The first kappa shape index (κ1) is 17.2. The van der Waals surface area contributed by atoms with Crippen LogP contribution in [0.15, 0.2) is 30.5 Å². The summed E-state index contributed by atoms with van der Waals surface area (Å²) >= 11 is 11.6. The molecule has 0 unspecified atom stereocenters. The second-order valence-electron chi connectivity index (χ2n) is 4.93. The van der Waals surface area contributed by atoms with E-state index < -0.39 is 18.5 Å². The summed E-state index contributed by atoms with van der Waals surface area (Å²) in [5.41, 5.74) is 2.25. The Morgan fingerprint density at radius 2 is 1.96 bits per heavy atom. The van der Waals surface area contributed by atoms with Crippen LogP contribution < -0.4 is 5.32 Å². The second-order valence-corrected chi connectivity index (χ2v) is 5.77. The van der Waals surface area contributed by atoms with Gasteiger partial charge in [-0.3, -0.25) is 4.79 Å². The summed E-state index contributed by atoms with van der Waals surface area (Å²) in [4.78, 5) is 27.7. The lowest BCUT2D eigenvalue weighted by molar-refractivity contribution is -0.119. The molecule has 5 nitrogen and oxygen atoms in total. The van der Waals surface area contributed by atoms with Crippen molar-refractivity contribution in [2.24, 2.45) is 0 Å². The number of pyridine rings is 1. The standard InChI is InChI=1S/C16H14Cl2N2O3/c1-9-3-4-12(10(2)5-9)16(22)23-8-14(21)20-15-13(18)6-11(17)7-19-15/h3-7H,8H2,1-2H3,(H,19,20,21). The number of esters is 1. The number of ether oxygens (including phenoxy) is 1. The van der Waals surface area contributed by atoms with Crippen LogP contribution >= 0.6 is 23.2 Å². The van der Waals surface area contributed by atoms with Crippen molar-refractivity contribution in [1.29, 1.82) is 0 Å². The van der Waals surface area contributed by atoms with Crippen LogP contribution in [0.4, 0.5) is 5.82 Å². The molecule has 1 heterocycles. The Morgan fingerprint density at radius 3 is 2.61 bits per heavy atom. The van der Waals surface area contributed by atoms with Gasteiger partial charge in [0.05, 0.1) is 15.6 Å². The maximum absolute atomic E-state index is 12.0. The third kappa shape index (κ3) is 4.68. The molecule has 0 bridgehead atoms. The largest absolute Gasteiger partial charge is 0.452 e. The number of nitrogens with zero attached hydrogens (tertiary/aromatic N) is 1. The number of carbonyl (C=O) groups excluding carboxylic acids is 2. The van der Waals surface area contributed by atoms with Crippen LogP contribution in [0.2, 0.25) is 10.0 Å². The van der Waals surface area contributed by atoms with Crippen molar-refractivity contribution in [2.75, 3.05) is 11.9 Å². The lowest BCUT2D eigenvalue weighted by atomic mass is 10.1. The second kappa shape index (κ2) is 7.44. The van der Waals surface area contributed by atoms with Gasteiger partial charge in [0.15, 0.2) is 12.4 Å². The summed E-state index contributed by atoms with van der Waals surface area (Å²) in [5.74, 6) is -0.948. The summed E-state index contributed by atoms with van der Waals surface area (Å²) in [6, 6.07) is 6.80. The highest BCUT2D eigenvalue weighted by Crippen LogP contribution is 2.22. The number of hydrogen-bond donors (Lipinski definition) is 1. The van der Waals surface area contributed by atoms with Gasteiger partial charge < -0.3 is 10.1 Å². The van der Waals surface area contributed by atoms with Gasteiger partial charge in [0.25, 0.3) is 5.91 Å². The molecule has 120 valence electrons. The summed E-state index contributed by atoms with van der Waals surface area (Å²) in [6.45, 7) is 3.30. The zero-order valence-corrected chi connectivity index (χ0v) is 14.0. The minimum atomic E-state index is -0.562. The van der Waals surface area contributed by atoms with E-state index in [9.17, 15) is 9.59 Å². The summed E-state index contributed by atoms with van der Waals surface area (Å²) in [5, 5.41) is 3.01. The molecule has 0 aliphatic rings. The van der Waals surface area contributed by atoms with Gasteiger partial charge in [0.2, 0.25) is 0 Å². The third-order valence-corrected chi connectivity index (χ3v) is 3.50. The van der Waals surface area contributed by atoms with Crippen LogP contribution in [0.5, 0.6) is 0 Å². The van der Waals surface area contributed by atoms with Crippen molar-refractivity contribution < 1.29 is 14.3 Å². The third-order valence-electron chi connectivity index (χ3n) is 3.00. The Hall–Kier alpha value is -2.11. The molecule has 1 aromatic heterocycles. The SMILES string of the molecule is Cc1ccc(C(=O)OCC(=O)Nc2ncc(Cl)cc2Cl)c(C)c1. The van der Waals surface area contributed by atoms with Gasteiger partial charge in [-0.25, -0.2) is 9.78 Å². The van der Waals surface area contributed by atoms with Crippen LogP contribution in [0.3, 0.4) is 0 Å². The number of nitrogens with one attached hydrogen (secondary N) is 1. The zero-order chi connectivity index (χ0) is 17.0. The fraction of sp³-hybridized carbons (Fsp3) is 0.188. The highest BCUT2D eigenvalue weighted by atomic mass is 35.5. The molecular weight excluding hydrogens is 339 g/mol. The van der Waals surface area contributed by atoms with Crippen molar-refractivity contribution in [2.45, 2.75) is 13.8 Å². The zero-order valence-electron chi connectivity index (χ0n) is 12.5. The van der Waals surface area contributed by atoms with Crippen LogP contribution in [0.1, 0.15) is 21.5 Å². The Bertz CT molecular complexity index is 763. The van der Waals surface area contributed by atoms with Gasteiger partial charge in [0.1, 0.15) is 0 Å². The first-order valence-electron chi connectivity index (χ1n) is 6.72. The normalized spacial score (nSPS) is 10.3. The molecule has 1 N–H and O–H groups in total. The number of halogens is 2. The Kier molecular flexibility index (Phi) is 5.58. The Morgan fingerprint density at radius 1 is 1.22 bits per heavy atom. The number of rotatable bonds is 4. The van der Waals surface area contributed by atoms with E-state index in [-0.39, 0.29) is 10.8 Å². The maximum Gasteiger partial charge on any atom is 0.338 e. The smallest absolute Gasteiger partial charge is 0.338 e. The van der Waals surface area contributed by atoms with E-state index in [1.54, 1.807) is 19.1 Å². The molecule has 1 amide bonds.